The summed E-state index contributed by atoms with van der Waals surface area (Å²) in [5.74, 6) is 1.59. The summed E-state index contributed by atoms with van der Waals surface area (Å²) in [5, 5.41) is 0. The predicted octanol–water partition coefficient (Wildman–Crippen LogP) is 3.93. The summed E-state index contributed by atoms with van der Waals surface area (Å²) in [7, 11) is 1.65. The van der Waals surface area contributed by atoms with E-state index in [0.717, 1.165) is 21.5 Å². The van der Waals surface area contributed by atoms with Crippen LogP contribution in [0.2, 0.25) is 0 Å². The number of halogens is 1. The Labute approximate surface area is 127 Å². The lowest BCUT2D eigenvalue weighted by Gasteiger charge is -2.23. The molecular weight excluding hydrogens is 318 g/mol. The van der Waals surface area contributed by atoms with Gasteiger partial charge in [0.15, 0.2) is 0 Å². The summed E-state index contributed by atoms with van der Waals surface area (Å²) in [6.45, 7) is 1.93. The van der Waals surface area contributed by atoms with Gasteiger partial charge in [-0.15, -0.1) is 0 Å². The average Bonchev–Trinajstić information content (AvgIpc) is 2.46. The molecule has 2 aromatic rings. The van der Waals surface area contributed by atoms with Crippen molar-refractivity contribution >= 4 is 15.9 Å². The van der Waals surface area contributed by atoms with E-state index in [4.69, 9.17) is 15.2 Å². The molecule has 2 N–H and O–H groups in total. The highest BCUT2D eigenvalue weighted by Crippen LogP contribution is 2.27. The van der Waals surface area contributed by atoms with Gasteiger partial charge in [0.05, 0.1) is 7.11 Å². The van der Waals surface area contributed by atoms with Crippen LogP contribution in [0.1, 0.15) is 18.6 Å². The van der Waals surface area contributed by atoms with Crippen LogP contribution < -0.4 is 15.2 Å². The second-order valence-electron chi connectivity index (χ2n) is 4.63. The molecule has 106 valence electrons. The zero-order chi connectivity index (χ0) is 14.5. The van der Waals surface area contributed by atoms with E-state index in [2.05, 4.69) is 15.9 Å². The molecule has 0 amide bonds. The first kappa shape index (κ1) is 14.9. The first-order valence-corrected chi connectivity index (χ1v) is 7.21. The Kier molecular flexibility index (Phi) is 5.04. The lowest BCUT2D eigenvalue weighted by atomic mass is 10.0. The average molecular weight is 336 g/mol. The van der Waals surface area contributed by atoms with E-state index in [1.54, 1.807) is 7.11 Å². The molecule has 2 atom stereocenters. The zero-order valence-electron chi connectivity index (χ0n) is 11.5. The smallest absolute Gasteiger partial charge is 0.139 e. The van der Waals surface area contributed by atoms with E-state index < -0.39 is 0 Å². The van der Waals surface area contributed by atoms with Crippen molar-refractivity contribution in [2.45, 2.75) is 19.1 Å². The molecule has 2 aromatic carbocycles. The summed E-state index contributed by atoms with van der Waals surface area (Å²) in [5.41, 5.74) is 7.06. The molecule has 0 bridgehead atoms. The van der Waals surface area contributed by atoms with Crippen molar-refractivity contribution in [2.24, 2.45) is 5.73 Å². The topological polar surface area (TPSA) is 44.5 Å². The molecule has 2 rings (SSSR count). The largest absolute Gasteiger partial charge is 0.497 e. The van der Waals surface area contributed by atoms with Crippen molar-refractivity contribution in [3.63, 3.8) is 0 Å². The van der Waals surface area contributed by atoms with Gasteiger partial charge in [-0.05, 0) is 48.9 Å². The third-order valence-corrected chi connectivity index (χ3v) is 3.51. The number of rotatable bonds is 5. The van der Waals surface area contributed by atoms with Gasteiger partial charge in [0, 0.05) is 10.5 Å². The molecule has 0 heterocycles. The Morgan fingerprint density at radius 3 is 2.35 bits per heavy atom. The molecule has 0 aliphatic carbocycles. The number of benzene rings is 2. The van der Waals surface area contributed by atoms with Crippen LogP contribution in [0.4, 0.5) is 0 Å². The molecule has 0 spiro atoms. The summed E-state index contributed by atoms with van der Waals surface area (Å²) >= 11 is 3.41. The Hall–Kier alpha value is -1.52. The fourth-order valence-corrected chi connectivity index (χ4v) is 2.22. The van der Waals surface area contributed by atoms with Crippen molar-refractivity contribution in [3.8, 4) is 11.5 Å². The molecule has 0 radical (unpaired) electrons. The van der Waals surface area contributed by atoms with Crippen LogP contribution >= 0.6 is 15.9 Å². The normalized spacial score (nSPS) is 13.6. The van der Waals surface area contributed by atoms with Gasteiger partial charge in [0.2, 0.25) is 0 Å². The van der Waals surface area contributed by atoms with Gasteiger partial charge < -0.3 is 15.2 Å². The van der Waals surface area contributed by atoms with E-state index in [1.165, 1.54) is 0 Å². The van der Waals surface area contributed by atoms with E-state index in [0.29, 0.717) is 0 Å². The van der Waals surface area contributed by atoms with Crippen LogP contribution in [0.15, 0.2) is 53.0 Å². The van der Waals surface area contributed by atoms with E-state index in [1.807, 2.05) is 55.5 Å². The fourth-order valence-electron chi connectivity index (χ4n) is 1.96. The van der Waals surface area contributed by atoms with Crippen molar-refractivity contribution in [3.05, 3.63) is 58.6 Å². The number of nitrogens with two attached hydrogens (primary N) is 1. The SMILES string of the molecule is COc1cccc(C(Oc2ccc(Br)cc2)C(C)N)c1. The Morgan fingerprint density at radius 2 is 1.75 bits per heavy atom. The minimum Gasteiger partial charge on any atom is -0.497 e. The third kappa shape index (κ3) is 3.74. The van der Waals surface area contributed by atoms with Crippen LogP contribution in [0.3, 0.4) is 0 Å². The molecule has 20 heavy (non-hydrogen) atoms. The number of ether oxygens (including phenoxy) is 2. The lowest BCUT2D eigenvalue weighted by Crippen LogP contribution is -2.29. The van der Waals surface area contributed by atoms with Gasteiger partial charge in [0.1, 0.15) is 17.6 Å². The molecule has 3 nitrogen and oxygen atoms in total. The Morgan fingerprint density at radius 1 is 1.05 bits per heavy atom. The van der Waals surface area contributed by atoms with Gasteiger partial charge in [-0.1, -0.05) is 28.1 Å². The molecule has 0 aliphatic heterocycles. The highest BCUT2D eigenvalue weighted by molar-refractivity contribution is 9.10. The van der Waals surface area contributed by atoms with Gasteiger partial charge >= 0.3 is 0 Å². The minimum absolute atomic E-state index is 0.134. The van der Waals surface area contributed by atoms with Crippen molar-refractivity contribution < 1.29 is 9.47 Å². The quantitative estimate of drug-likeness (QED) is 0.900. The monoisotopic (exact) mass is 335 g/mol. The molecule has 4 heteroatoms. The van der Waals surface area contributed by atoms with Crippen molar-refractivity contribution in [1.29, 1.82) is 0 Å². The molecule has 0 saturated carbocycles. The molecule has 2 unspecified atom stereocenters. The number of hydrogen-bond acceptors (Lipinski definition) is 3. The maximum Gasteiger partial charge on any atom is 0.139 e. The van der Waals surface area contributed by atoms with Crippen LogP contribution in [0, 0.1) is 0 Å². The molecular formula is C16H18BrNO2. The van der Waals surface area contributed by atoms with Crippen LogP contribution in [-0.4, -0.2) is 13.2 Å². The minimum atomic E-state index is -0.216. The van der Waals surface area contributed by atoms with Gasteiger partial charge in [-0.2, -0.15) is 0 Å². The first-order chi connectivity index (χ1) is 9.60. The first-order valence-electron chi connectivity index (χ1n) is 6.42. The van der Waals surface area contributed by atoms with Gasteiger partial charge in [-0.25, -0.2) is 0 Å². The fraction of sp³-hybridized carbons (Fsp3) is 0.250. The van der Waals surface area contributed by atoms with Crippen molar-refractivity contribution in [1.82, 2.24) is 0 Å². The Bertz CT molecular complexity index is 555. The summed E-state index contributed by atoms with van der Waals surface area (Å²) < 4.78 is 12.3. The third-order valence-electron chi connectivity index (χ3n) is 2.98. The second-order valence-corrected chi connectivity index (χ2v) is 5.54. The molecule has 0 aromatic heterocycles. The highest BCUT2D eigenvalue weighted by atomic mass is 79.9. The number of hydrogen-bond donors (Lipinski definition) is 1. The van der Waals surface area contributed by atoms with Crippen molar-refractivity contribution in [2.75, 3.05) is 7.11 Å². The summed E-state index contributed by atoms with van der Waals surface area (Å²) in [6.07, 6.45) is -0.216. The van der Waals surface area contributed by atoms with Gasteiger partial charge in [-0.3, -0.25) is 0 Å². The van der Waals surface area contributed by atoms with Crippen LogP contribution in [0.5, 0.6) is 11.5 Å². The zero-order valence-corrected chi connectivity index (χ0v) is 13.1. The molecule has 0 fully saturated rings. The molecule has 0 saturated heterocycles. The number of methoxy groups -OCH3 is 1. The highest BCUT2D eigenvalue weighted by Gasteiger charge is 2.18. The summed E-state index contributed by atoms with van der Waals surface area (Å²) in [6, 6.07) is 15.4. The second kappa shape index (κ2) is 6.77. The molecule has 0 aliphatic rings. The van der Waals surface area contributed by atoms with Crippen LogP contribution in [-0.2, 0) is 0 Å². The van der Waals surface area contributed by atoms with Crippen LogP contribution in [0.25, 0.3) is 0 Å². The van der Waals surface area contributed by atoms with E-state index >= 15 is 0 Å². The maximum absolute atomic E-state index is 6.06. The predicted molar refractivity (Wildman–Crippen MR) is 84.2 cm³/mol. The Balaban J connectivity index is 2.24. The lowest BCUT2D eigenvalue weighted by molar-refractivity contribution is 0.180. The van der Waals surface area contributed by atoms with Gasteiger partial charge in [0.25, 0.3) is 0 Å². The maximum atomic E-state index is 6.06. The van der Waals surface area contributed by atoms with E-state index in [-0.39, 0.29) is 12.1 Å². The van der Waals surface area contributed by atoms with E-state index in [9.17, 15) is 0 Å². The standard InChI is InChI=1S/C16H18BrNO2/c1-11(18)16(12-4-3-5-15(10-12)19-2)20-14-8-6-13(17)7-9-14/h3-11,16H,18H2,1-2H3. The summed E-state index contributed by atoms with van der Waals surface area (Å²) in [4.78, 5) is 0.